The summed E-state index contributed by atoms with van der Waals surface area (Å²) < 4.78 is 0. The summed E-state index contributed by atoms with van der Waals surface area (Å²) in [5.41, 5.74) is 9.02. The molecule has 0 radical (unpaired) electrons. The number of hydrogen-bond acceptors (Lipinski definition) is 5. The van der Waals surface area contributed by atoms with Gasteiger partial charge in [0.1, 0.15) is 6.07 Å². The first-order valence-corrected chi connectivity index (χ1v) is 2.32. The minimum absolute atomic E-state index is 0.196. The maximum absolute atomic E-state index is 10.2. The molecule has 10 heavy (non-hydrogen) atoms. The van der Waals surface area contributed by atoms with Gasteiger partial charge < -0.3 is 10.6 Å². The van der Waals surface area contributed by atoms with Crippen molar-refractivity contribution in [3.63, 3.8) is 0 Å². The highest BCUT2D eigenvalue weighted by molar-refractivity contribution is 6.44. The van der Waals surface area contributed by atoms with Gasteiger partial charge in [-0.15, -0.1) is 0 Å². The topological polar surface area (TPSA) is 114 Å². The molecule has 0 aliphatic rings. The van der Waals surface area contributed by atoms with Crippen LogP contribution in [-0.2, 0) is 9.63 Å². The molecule has 0 spiro atoms. The zero-order valence-electron chi connectivity index (χ0n) is 5.07. The van der Waals surface area contributed by atoms with Crippen LogP contribution in [0.5, 0.6) is 0 Å². The highest BCUT2D eigenvalue weighted by Crippen LogP contribution is 1.76. The van der Waals surface area contributed by atoms with Crippen molar-refractivity contribution >= 4 is 11.6 Å². The zero-order chi connectivity index (χ0) is 7.98. The molecular formula is C4H6N4O2. The summed E-state index contributed by atoms with van der Waals surface area (Å²) in [4.78, 5) is 14.4. The number of rotatable bonds is 3. The number of amides is 1. The van der Waals surface area contributed by atoms with Crippen molar-refractivity contribution < 1.29 is 9.63 Å². The van der Waals surface area contributed by atoms with E-state index in [1.54, 1.807) is 0 Å². The molecule has 1 amide bonds. The maximum atomic E-state index is 10.2. The van der Waals surface area contributed by atoms with Crippen LogP contribution in [0.3, 0.4) is 0 Å². The Kier molecular flexibility index (Phi) is 3.60. The molecule has 0 aromatic carbocycles. The van der Waals surface area contributed by atoms with E-state index < -0.39 is 11.6 Å². The van der Waals surface area contributed by atoms with Gasteiger partial charge in [-0.3, -0.25) is 10.5 Å². The molecule has 0 unspecified atom stereocenters. The van der Waals surface area contributed by atoms with Gasteiger partial charge in [0.2, 0.25) is 5.71 Å². The van der Waals surface area contributed by atoms with Gasteiger partial charge in [0, 0.05) is 0 Å². The lowest BCUT2D eigenvalue weighted by Gasteiger charge is -1.90. The lowest BCUT2D eigenvalue weighted by molar-refractivity contribution is -0.112. The van der Waals surface area contributed by atoms with Crippen LogP contribution >= 0.6 is 0 Å². The number of carbonyl (C=O) groups excluding carboxylic acids is 1. The fourth-order valence-corrected chi connectivity index (χ4v) is 0.222. The molecule has 0 rings (SSSR count). The third-order valence-electron chi connectivity index (χ3n) is 0.570. The second-order valence-electron chi connectivity index (χ2n) is 1.21. The molecule has 0 heterocycles. The van der Waals surface area contributed by atoms with E-state index in [1.165, 1.54) is 6.07 Å². The minimum atomic E-state index is -0.934. The van der Waals surface area contributed by atoms with Gasteiger partial charge in [0.15, 0.2) is 6.73 Å². The van der Waals surface area contributed by atoms with Crippen LogP contribution in [0.1, 0.15) is 0 Å². The standard InChI is InChI=1S/C4H6N4O2/c5-1-3(4(7)9)8-10-2-6/h2,6H2,(H2,7,9)/b8-3+. The normalized spacial score (nSPS) is 10.2. The number of oxime groups is 1. The van der Waals surface area contributed by atoms with Crippen LogP contribution in [-0.4, -0.2) is 18.3 Å². The molecule has 6 heteroatoms. The molecule has 0 atom stereocenters. The maximum Gasteiger partial charge on any atom is 0.281 e. The summed E-state index contributed by atoms with van der Waals surface area (Å²) in [6.07, 6.45) is 0. The fourth-order valence-electron chi connectivity index (χ4n) is 0.222. The molecule has 4 N–H and O–H groups in total. The quantitative estimate of drug-likeness (QED) is 0.277. The average Bonchev–Trinajstić information content (AvgIpc) is 1.89. The number of nitrogens with two attached hydrogens (primary N) is 2. The molecule has 0 fully saturated rings. The second-order valence-corrected chi connectivity index (χ2v) is 1.21. The average molecular weight is 142 g/mol. The number of nitrogens with zero attached hydrogens (tertiary/aromatic N) is 2. The number of hydrogen-bond donors (Lipinski definition) is 2. The molecule has 0 aliphatic carbocycles. The van der Waals surface area contributed by atoms with Crippen LogP contribution in [0.4, 0.5) is 0 Å². The summed E-state index contributed by atoms with van der Waals surface area (Å²) in [6, 6.07) is 1.43. The number of carbonyl (C=O) groups is 1. The highest BCUT2D eigenvalue weighted by atomic mass is 16.6. The SMILES string of the molecule is N#C/C(=N\OCN)C(N)=O. The molecule has 0 saturated heterocycles. The lowest BCUT2D eigenvalue weighted by atomic mass is 10.4. The molecular weight excluding hydrogens is 136 g/mol. The van der Waals surface area contributed by atoms with Gasteiger partial charge in [0.05, 0.1) is 0 Å². The third-order valence-corrected chi connectivity index (χ3v) is 0.570. The molecule has 54 valence electrons. The Labute approximate surface area is 57.0 Å². The largest absolute Gasteiger partial charge is 0.379 e. The Bertz CT molecular complexity index is 192. The van der Waals surface area contributed by atoms with E-state index in [9.17, 15) is 4.79 Å². The molecule has 0 bridgehead atoms. The fraction of sp³-hybridized carbons (Fsp3) is 0.250. The van der Waals surface area contributed by atoms with Gasteiger partial charge in [-0.05, 0) is 0 Å². The van der Waals surface area contributed by atoms with E-state index >= 15 is 0 Å². The first kappa shape index (κ1) is 8.39. The Morgan fingerprint density at radius 1 is 1.80 bits per heavy atom. The van der Waals surface area contributed by atoms with Gasteiger partial charge in [-0.25, -0.2) is 0 Å². The molecule has 0 aromatic heterocycles. The molecule has 0 saturated carbocycles. The van der Waals surface area contributed by atoms with Gasteiger partial charge in [-0.1, -0.05) is 5.16 Å². The first-order chi connectivity index (χ1) is 4.72. The summed E-state index contributed by atoms with van der Waals surface area (Å²) in [5.74, 6) is -0.934. The van der Waals surface area contributed by atoms with Crippen molar-refractivity contribution in [3.05, 3.63) is 0 Å². The van der Waals surface area contributed by atoms with Crippen molar-refractivity contribution in [1.82, 2.24) is 0 Å². The highest BCUT2D eigenvalue weighted by Gasteiger charge is 2.04. The summed E-state index contributed by atoms with van der Waals surface area (Å²) in [6.45, 7) is -0.196. The lowest BCUT2D eigenvalue weighted by Crippen LogP contribution is -2.22. The molecule has 0 aromatic rings. The summed E-state index contributed by atoms with van der Waals surface area (Å²) >= 11 is 0. The van der Waals surface area contributed by atoms with E-state index in [1.807, 2.05) is 0 Å². The Morgan fingerprint density at radius 3 is 2.70 bits per heavy atom. The van der Waals surface area contributed by atoms with Crippen molar-refractivity contribution in [2.24, 2.45) is 16.6 Å². The van der Waals surface area contributed by atoms with Crippen LogP contribution in [0.25, 0.3) is 0 Å². The van der Waals surface area contributed by atoms with Gasteiger partial charge >= 0.3 is 0 Å². The van der Waals surface area contributed by atoms with E-state index in [4.69, 9.17) is 11.0 Å². The zero-order valence-corrected chi connectivity index (χ0v) is 5.07. The minimum Gasteiger partial charge on any atom is -0.379 e. The second kappa shape index (κ2) is 4.29. The van der Waals surface area contributed by atoms with Crippen LogP contribution in [0.15, 0.2) is 5.16 Å². The summed E-state index contributed by atoms with van der Waals surface area (Å²) in [5, 5.41) is 11.1. The Hall–Kier alpha value is -1.61. The third kappa shape index (κ3) is 2.64. The summed E-state index contributed by atoms with van der Waals surface area (Å²) in [7, 11) is 0. The number of nitriles is 1. The Balaban J connectivity index is 4.09. The number of primary amides is 1. The predicted octanol–water partition coefficient (Wildman–Crippen LogP) is -1.72. The van der Waals surface area contributed by atoms with Crippen molar-refractivity contribution in [2.45, 2.75) is 0 Å². The van der Waals surface area contributed by atoms with E-state index in [0.717, 1.165) is 0 Å². The predicted molar refractivity (Wildman–Crippen MR) is 32.4 cm³/mol. The van der Waals surface area contributed by atoms with E-state index in [2.05, 4.69) is 15.7 Å². The smallest absolute Gasteiger partial charge is 0.281 e. The molecule has 0 aliphatic heterocycles. The van der Waals surface area contributed by atoms with Gasteiger partial charge in [0.25, 0.3) is 5.91 Å². The molecule has 6 nitrogen and oxygen atoms in total. The van der Waals surface area contributed by atoms with E-state index in [-0.39, 0.29) is 6.73 Å². The van der Waals surface area contributed by atoms with Crippen molar-refractivity contribution in [1.29, 1.82) is 5.26 Å². The first-order valence-electron chi connectivity index (χ1n) is 2.32. The Morgan fingerprint density at radius 2 is 2.40 bits per heavy atom. The van der Waals surface area contributed by atoms with Crippen molar-refractivity contribution in [2.75, 3.05) is 6.73 Å². The van der Waals surface area contributed by atoms with Crippen LogP contribution < -0.4 is 11.5 Å². The van der Waals surface area contributed by atoms with Crippen LogP contribution in [0.2, 0.25) is 0 Å². The van der Waals surface area contributed by atoms with Gasteiger partial charge in [-0.2, -0.15) is 5.26 Å². The van der Waals surface area contributed by atoms with Crippen molar-refractivity contribution in [3.8, 4) is 6.07 Å². The monoisotopic (exact) mass is 142 g/mol. The van der Waals surface area contributed by atoms with Crippen LogP contribution in [0, 0.1) is 11.3 Å². The van der Waals surface area contributed by atoms with E-state index in [0.29, 0.717) is 0 Å².